The van der Waals surface area contributed by atoms with Crippen molar-refractivity contribution in [2.75, 3.05) is 7.11 Å². The molecule has 2 nitrogen and oxygen atoms in total. The van der Waals surface area contributed by atoms with Crippen molar-refractivity contribution in [2.45, 2.75) is 32.6 Å². The Hall–Kier alpha value is -0.530. The van der Waals surface area contributed by atoms with Gasteiger partial charge < -0.3 is 4.74 Å². The third kappa shape index (κ3) is 2.21. The number of esters is 1. The van der Waals surface area contributed by atoms with E-state index in [-0.39, 0.29) is 11.9 Å². The molecule has 0 radical (unpaired) electrons. The highest BCUT2D eigenvalue weighted by Gasteiger charge is 2.42. The summed E-state index contributed by atoms with van der Waals surface area (Å²) < 4.78 is 4.65. The molecule has 0 N–H and O–H groups in total. The first-order chi connectivity index (χ1) is 5.29. The zero-order valence-corrected chi connectivity index (χ0v) is 7.30. The van der Waals surface area contributed by atoms with Crippen LogP contribution in [-0.2, 0) is 9.53 Å². The van der Waals surface area contributed by atoms with E-state index >= 15 is 0 Å². The van der Waals surface area contributed by atoms with Crippen LogP contribution in [-0.4, -0.2) is 13.1 Å². The molecule has 11 heavy (non-hydrogen) atoms. The molecule has 0 spiro atoms. The number of hydrogen-bond donors (Lipinski definition) is 0. The Balaban J connectivity index is 2.11. The number of methoxy groups -OCH3 is 1. The maximum Gasteiger partial charge on any atom is 0.308 e. The van der Waals surface area contributed by atoms with Gasteiger partial charge in [-0.25, -0.2) is 0 Å². The van der Waals surface area contributed by atoms with Crippen LogP contribution in [0.1, 0.15) is 32.6 Å². The van der Waals surface area contributed by atoms with Gasteiger partial charge in [-0.05, 0) is 18.8 Å². The number of carbonyl (C=O) groups is 1. The van der Waals surface area contributed by atoms with Gasteiger partial charge in [-0.2, -0.15) is 0 Å². The predicted octanol–water partition coefficient (Wildman–Crippen LogP) is 1.99. The predicted molar refractivity (Wildman–Crippen MR) is 43.1 cm³/mol. The van der Waals surface area contributed by atoms with Crippen LogP contribution in [0.2, 0.25) is 0 Å². The third-order valence-corrected chi connectivity index (χ3v) is 2.35. The second-order valence-corrected chi connectivity index (χ2v) is 3.27. The lowest BCUT2D eigenvalue weighted by molar-refractivity contribution is -0.142. The molecule has 0 aromatic rings. The van der Waals surface area contributed by atoms with Crippen LogP contribution in [0.15, 0.2) is 0 Å². The Morgan fingerprint density at radius 3 is 2.91 bits per heavy atom. The summed E-state index contributed by atoms with van der Waals surface area (Å²) >= 11 is 0. The second-order valence-electron chi connectivity index (χ2n) is 3.27. The molecule has 0 amide bonds. The smallest absolute Gasteiger partial charge is 0.308 e. The molecule has 0 saturated heterocycles. The van der Waals surface area contributed by atoms with E-state index in [1.807, 2.05) is 0 Å². The summed E-state index contributed by atoms with van der Waals surface area (Å²) in [5.74, 6) is 0.875. The highest BCUT2D eigenvalue weighted by molar-refractivity contribution is 5.75. The number of ether oxygens (including phenoxy) is 1. The lowest BCUT2D eigenvalue weighted by atomic mass is 10.1. The van der Waals surface area contributed by atoms with Gasteiger partial charge in [0.1, 0.15) is 0 Å². The van der Waals surface area contributed by atoms with Crippen LogP contribution in [0.5, 0.6) is 0 Å². The fourth-order valence-corrected chi connectivity index (χ4v) is 1.47. The van der Waals surface area contributed by atoms with E-state index < -0.39 is 0 Å². The summed E-state index contributed by atoms with van der Waals surface area (Å²) in [5.41, 5.74) is 0. The van der Waals surface area contributed by atoms with Gasteiger partial charge in [0.05, 0.1) is 13.0 Å². The molecule has 1 saturated carbocycles. The monoisotopic (exact) mass is 156 g/mol. The summed E-state index contributed by atoms with van der Waals surface area (Å²) in [5, 5.41) is 0. The van der Waals surface area contributed by atoms with Crippen molar-refractivity contribution in [3.05, 3.63) is 0 Å². The molecule has 0 heterocycles. The molecule has 1 aliphatic rings. The normalized spacial score (nSPS) is 28.2. The lowest BCUT2D eigenvalue weighted by Crippen LogP contribution is -2.04. The minimum atomic E-state index is -0.00824. The number of unbranched alkanes of at least 4 members (excludes halogenated alkanes) is 1. The number of carbonyl (C=O) groups excluding carboxylic acids is 1. The Labute approximate surface area is 67.9 Å². The van der Waals surface area contributed by atoms with E-state index in [0.717, 1.165) is 6.42 Å². The minimum Gasteiger partial charge on any atom is -0.469 e. The van der Waals surface area contributed by atoms with Gasteiger partial charge in [0.2, 0.25) is 0 Å². The summed E-state index contributed by atoms with van der Waals surface area (Å²) in [7, 11) is 1.47. The molecule has 0 unspecified atom stereocenters. The van der Waals surface area contributed by atoms with Gasteiger partial charge in [-0.3, -0.25) is 4.79 Å². The van der Waals surface area contributed by atoms with E-state index in [2.05, 4.69) is 11.7 Å². The largest absolute Gasteiger partial charge is 0.469 e. The van der Waals surface area contributed by atoms with Gasteiger partial charge >= 0.3 is 5.97 Å². The maximum atomic E-state index is 10.9. The maximum absolute atomic E-state index is 10.9. The van der Waals surface area contributed by atoms with Gasteiger partial charge in [0, 0.05) is 0 Å². The van der Waals surface area contributed by atoms with Crippen LogP contribution >= 0.6 is 0 Å². The van der Waals surface area contributed by atoms with Gasteiger partial charge in [0.25, 0.3) is 0 Å². The third-order valence-electron chi connectivity index (χ3n) is 2.35. The van der Waals surface area contributed by atoms with E-state index in [0.29, 0.717) is 5.92 Å². The SMILES string of the molecule is CCCC[C@H]1C[C@@H]1C(=O)OC. The highest BCUT2D eigenvalue weighted by Crippen LogP contribution is 2.42. The van der Waals surface area contributed by atoms with Gasteiger partial charge in [-0.1, -0.05) is 19.8 Å². The van der Waals surface area contributed by atoms with Crippen molar-refractivity contribution in [2.24, 2.45) is 11.8 Å². The van der Waals surface area contributed by atoms with E-state index in [1.165, 1.54) is 26.4 Å². The molecule has 0 aromatic carbocycles. The molecular weight excluding hydrogens is 140 g/mol. The summed E-state index contributed by atoms with van der Waals surface area (Å²) in [4.78, 5) is 10.9. The van der Waals surface area contributed by atoms with E-state index in [1.54, 1.807) is 0 Å². The van der Waals surface area contributed by atoms with Gasteiger partial charge in [-0.15, -0.1) is 0 Å². The molecule has 2 atom stereocenters. The van der Waals surface area contributed by atoms with Gasteiger partial charge in [0.15, 0.2) is 0 Å². The molecule has 0 aliphatic heterocycles. The number of hydrogen-bond acceptors (Lipinski definition) is 2. The summed E-state index contributed by atoms with van der Waals surface area (Å²) in [6.45, 7) is 2.18. The Kier molecular flexibility index (Phi) is 2.92. The van der Waals surface area contributed by atoms with Crippen molar-refractivity contribution < 1.29 is 9.53 Å². The van der Waals surface area contributed by atoms with E-state index in [4.69, 9.17) is 0 Å². The highest BCUT2D eigenvalue weighted by atomic mass is 16.5. The van der Waals surface area contributed by atoms with Crippen LogP contribution in [0.4, 0.5) is 0 Å². The second kappa shape index (κ2) is 3.74. The first-order valence-corrected chi connectivity index (χ1v) is 4.37. The van der Waals surface area contributed by atoms with Crippen molar-refractivity contribution in [3.8, 4) is 0 Å². The average Bonchev–Trinajstić information content (AvgIpc) is 2.78. The quantitative estimate of drug-likeness (QED) is 0.582. The standard InChI is InChI=1S/C9H16O2/c1-3-4-5-7-6-8(7)9(10)11-2/h7-8H,3-6H2,1-2H3/t7-,8-/m0/s1. The van der Waals surface area contributed by atoms with Crippen LogP contribution in [0, 0.1) is 11.8 Å². The zero-order chi connectivity index (χ0) is 8.27. The summed E-state index contributed by atoms with van der Waals surface area (Å²) in [6.07, 6.45) is 4.74. The molecule has 64 valence electrons. The van der Waals surface area contributed by atoms with Crippen LogP contribution in [0.25, 0.3) is 0 Å². The van der Waals surface area contributed by atoms with Crippen molar-refractivity contribution >= 4 is 5.97 Å². The van der Waals surface area contributed by atoms with E-state index in [9.17, 15) is 4.79 Å². The first-order valence-electron chi connectivity index (χ1n) is 4.37. The Morgan fingerprint density at radius 1 is 1.64 bits per heavy atom. The minimum absolute atomic E-state index is 0.00824. The lowest BCUT2D eigenvalue weighted by Gasteiger charge is -1.96. The fourth-order valence-electron chi connectivity index (χ4n) is 1.47. The molecule has 2 heteroatoms. The number of rotatable bonds is 4. The molecule has 0 aromatic heterocycles. The topological polar surface area (TPSA) is 26.3 Å². The fraction of sp³-hybridized carbons (Fsp3) is 0.889. The molecule has 1 aliphatic carbocycles. The zero-order valence-electron chi connectivity index (χ0n) is 7.30. The first kappa shape index (κ1) is 8.57. The molecule has 1 rings (SSSR count). The average molecular weight is 156 g/mol. The van der Waals surface area contributed by atoms with Crippen LogP contribution < -0.4 is 0 Å². The van der Waals surface area contributed by atoms with Crippen molar-refractivity contribution in [3.63, 3.8) is 0 Å². The molecule has 0 bridgehead atoms. The summed E-state index contributed by atoms with van der Waals surface area (Å²) in [6, 6.07) is 0. The van der Waals surface area contributed by atoms with Crippen LogP contribution in [0.3, 0.4) is 0 Å². The molecule has 1 fully saturated rings. The molecular formula is C9H16O2. The Bertz CT molecular complexity index is 142. The van der Waals surface area contributed by atoms with Crippen molar-refractivity contribution in [1.29, 1.82) is 0 Å². The Morgan fingerprint density at radius 2 is 2.36 bits per heavy atom. The van der Waals surface area contributed by atoms with Crippen molar-refractivity contribution in [1.82, 2.24) is 0 Å².